The number of methoxy groups -OCH3 is 1. The van der Waals surface area contributed by atoms with Gasteiger partial charge in [0.15, 0.2) is 0 Å². The summed E-state index contributed by atoms with van der Waals surface area (Å²) >= 11 is 0. The molecule has 1 heteroatoms. The molecular formula is C11H22O. The van der Waals surface area contributed by atoms with E-state index in [4.69, 9.17) is 4.74 Å². The molecular weight excluding hydrogens is 148 g/mol. The number of hydrogen-bond donors (Lipinski definition) is 0. The van der Waals surface area contributed by atoms with Crippen LogP contribution in [0.5, 0.6) is 0 Å². The molecule has 1 fully saturated rings. The van der Waals surface area contributed by atoms with Gasteiger partial charge in [-0.05, 0) is 37.0 Å². The zero-order valence-electron chi connectivity index (χ0n) is 8.84. The molecule has 3 unspecified atom stereocenters. The lowest BCUT2D eigenvalue weighted by Gasteiger charge is -2.36. The predicted molar refractivity (Wildman–Crippen MR) is 52.1 cm³/mol. The Kier molecular flexibility index (Phi) is 3.57. The molecule has 0 spiro atoms. The van der Waals surface area contributed by atoms with Gasteiger partial charge in [-0.15, -0.1) is 0 Å². The van der Waals surface area contributed by atoms with Crippen molar-refractivity contribution in [1.29, 1.82) is 0 Å². The van der Waals surface area contributed by atoms with Gasteiger partial charge < -0.3 is 4.74 Å². The lowest BCUT2D eigenvalue weighted by atomic mass is 9.75. The maximum absolute atomic E-state index is 5.51. The molecule has 72 valence electrons. The molecule has 0 saturated heterocycles. The Morgan fingerprint density at radius 2 is 1.92 bits per heavy atom. The summed E-state index contributed by atoms with van der Waals surface area (Å²) < 4.78 is 5.51. The summed E-state index contributed by atoms with van der Waals surface area (Å²) in [5, 5.41) is 0. The SMILES string of the molecule is COC1CCC(C)CC1C(C)C. The predicted octanol–water partition coefficient (Wildman–Crippen LogP) is 3.09. The van der Waals surface area contributed by atoms with Crippen LogP contribution in [0, 0.1) is 17.8 Å². The molecule has 3 atom stereocenters. The largest absolute Gasteiger partial charge is 0.381 e. The molecule has 0 aromatic rings. The minimum Gasteiger partial charge on any atom is -0.381 e. The first-order chi connectivity index (χ1) is 5.65. The van der Waals surface area contributed by atoms with Crippen LogP contribution in [-0.4, -0.2) is 13.2 Å². The molecule has 0 bridgehead atoms. The maximum atomic E-state index is 5.51. The van der Waals surface area contributed by atoms with Crippen LogP contribution < -0.4 is 0 Å². The van der Waals surface area contributed by atoms with E-state index in [1.54, 1.807) is 0 Å². The van der Waals surface area contributed by atoms with Crippen molar-refractivity contribution in [3.05, 3.63) is 0 Å². The Morgan fingerprint density at radius 3 is 2.42 bits per heavy atom. The van der Waals surface area contributed by atoms with E-state index < -0.39 is 0 Å². The van der Waals surface area contributed by atoms with Crippen molar-refractivity contribution in [1.82, 2.24) is 0 Å². The van der Waals surface area contributed by atoms with E-state index in [9.17, 15) is 0 Å². The van der Waals surface area contributed by atoms with Crippen LogP contribution in [0.2, 0.25) is 0 Å². The molecule has 0 aliphatic heterocycles. The Hall–Kier alpha value is -0.0400. The molecule has 0 radical (unpaired) electrons. The molecule has 0 heterocycles. The van der Waals surface area contributed by atoms with Crippen molar-refractivity contribution in [2.45, 2.75) is 46.1 Å². The third-order valence-electron chi connectivity index (χ3n) is 3.26. The van der Waals surface area contributed by atoms with Crippen molar-refractivity contribution in [3.63, 3.8) is 0 Å². The smallest absolute Gasteiger partial charge is 0.0602 e. The fourth-order valence-corrected chi connectivity index (χ4v) is 2.39. The number of rotatable bonds is 2. The average Bonchev–Trinajstić information content (AvgIpc) is 2.04. The molecule has 0 amide bonds. The normalized spacial score (nSPS) is 37.2. The van der Waals surface area contributed by atoms with Crippen molar-refractivity contribution < 1.29 is 4.74 Å². The fourth-order valence-electron chi connectivity index (χ4n) is 2.39. The Balaban J connectivity index is 2.52. The average molecular weight is 170 g/mol. The van der Waals surface area contributed by atoms with E-state index >= 15 is 0 Å². The van der Waals surface area contributed by atoms with Gasteiger partial charge in [0.05, 0.1) is 6.10 Å². The van der Waals surface area contributed by atoms with Gasteiger partial charge in [-0.1, -0.05) is 20.8 Å². The Bertz CT molecular complexity index is 131. The topological polar surface area (TPSA) is 9.23 Å². The summed E-state index contributed by atoms with van der Waals surface area (Å²) in [5.41, 5.74) is 0. The van der Waals surface area contributed by atoms with Crippen LogP contribution in [0.1, 0.15) is 40.0 Å². The van der Waals surface area contributed by atoms with E-state index in [2.05, 4.69) is 20.8 Å². The van der Waals surface area contributed by atoms with E-state index in [0.717, 1.165) is 17.8 Å². The zero-order valence-corrected chi connectivity index (χ0v) is 8.84. The van der Waals surface area contributed by atoms with E-state index in [1.165, 1.54) is 19.3 Å². The van der Waals surface area contributed by atoms with Gasteiger partial charge in [-0.25, -0.2) is 0 Å². The quantitative estimate of drug-likeness (QED) is 0.619. The molecule has 12 heavy (non-hydrogen) atoms. The zero-order chi connectivity index (χ0) is 9.14. The summed E-state index contributed by atoms with van der Waals surface area (Å²) in [6.45, 7) is 6.99. The Labute approximate surface area is 76.5 Å². The number of ether oxygens (including phenoxy) is 1. The van der Waals surface area contributed by atoms with Crippen molar-refractivity contribution in [2.24, 2.45) is 17.8 Å². The van der Waals surface area contributed by atoms with E-state index in [1.807, 2.05) is 7.11 Å². The van der Waals surface area contributed by atoms with Crippen LogP contribution in [0.25, 0.3) is 0 Å². The van der Waals surface area contributed by atoms with Crippen LogP contribution >= 0.6 is 0 Å². The van der Waals surface area contributed by atoms with Gasteiger partial charge in [0.2, 0.25) is 0 Å². The second kappa shape index (κ2) is 4.27. The summed E-state index contributed by atoms with van der Waals surface area (Å²) in [7, 11) is 1.86. The van der Waals surface area contributed by atoms with Gasteiger partial charge in [-0.3, -0.25) is 0 Å². The number of hydrogen-bond acceptors (Lipinski definition) is 1. The van der Waals surface area contributed by atoms with Crippen molar-refractivity contribution in [3.8, 4) is 0 Å². The molecule has 0 aromatic heterocycles. The molecule has 1 saturated carbocycles. The summed E-state index contributed by atoms with van der Waals surface area (Å²) in [4.78, 5) is 0. The van der Waals surface area contributed by atoms with Crippen LogP contribution in [-0.2, 0) is 4.74 Å². The van der Waals surface area contributed by atoms with Crippen molar-refractivity contribution >= 4 is 0 Å². The molecule has 1 aliphatic carbocycles. The first-order valence-electron chi connectivity index (χ1n) is 5.18. The van der Waals surface area contributed by atoms with Crippen molar-refractivity contribution in [2.75, 3.05) is 7.11 Å². The van der Waals surface area contributed by atoms with Gasteiger partial charge >= 0.3 is 0 Å². The first-order valence-corrected chi connectivity index (χ1v) is 5.18. The van der Waals surface area contributed by atoms with Crippen LogP contribution in [0.4, 0.5) is 0 Å². The summed E-state index contributed by atoms with van der Waals surface area (Å²) in [5.74, 6) is 2.47. The molecule has 1 aliphatic rings. The monoisotopic (exact) mass is 170 g/mol. The standard InChI is InChI=1S/C11H22O/c1-8(2)10-7-9(3)5-6-11(10)12-4/h8-11H,5-7H2,1-4H3. The molecule has 0 N–H and O–H groups in total. The first kappa shape index (κ1) is 10.0. The van der Waals surface area contributed by atoms with Gasteiger partial charge in [-0.2, -0.15) is 0 Å². The second-order valence-electron chi connectivity index (χ2n) is 4.60. The highest BCUT2D eigenvalue weighted by atomic mass is 16.5. The highest BCUT2D eigenvalue weighted by Crippen LogP contribution is 2.34. The van der Waals surface area contributed by atoms with Gasteiger partial charge in [0.1, 0.15) is 0 Å². The van der Waals surface area contributed by atoms with E-state index in [0.29, 0.717) is 6.10 Å². The fraction of sp³-hybridized carbons (Fsp3) is 1.00. The van der Waals surface area contributed by atoms with Gasteiger partial charge in [0.25, 0.3) is 0 Å². The van der Waals surface area contributed by atoms with Crippen LogP contribution in [0.3, 0.4) is 0 Å². The second-order valence-corrected chi connectivity index (χ2v) is 4.60. The lowest BCUT2D eigenvalue weighted by molar-refractivity contribution is -0.00781. The van der Waals surface area contributed by atoms with E-state index in [-0.39, 0.29) is 0 Å². The Morgan fingerprint density at radius 1 is 1.25 bits per heavy atom. The van der Waals surface area contributed by atoms with Crippen LogP contribution in [0.15, 0.2) is 0 Å². The summed E-state index contributed by atoms with van der Waals surface area (Å²) in [6.07, 6.45) is 4.50. The maximum Gasteiger partial charge on any atom is 0.0602 e. The molecule has 0 aromatic carbocycles. The molecule has 1 rings (SSSR count). The lowest BCUT2D eigenvalue weighted by Crippen LogP contribution is -2.33. The minimum absolute atomic E-state index is 0.529. The summed E-state index contributed by atoms with van der Waals surface area (Å²) in [6, 6.07) is 0. The van der Waals surface area contributed by atoms with Gasteiger partial charge in [0, 0.05) is 7.11 Å². The third-order valence-corrected chi connectivity index (χ3v) is 3.26. The highest BCUT2D eigenvalue weighted by Gasteiger charge is 2.30. The molecule has 1 nitrogen and oxygen atoms in total. The highest BCUT2D eigenvalue weighted by molar-refractivity contribution is 4.80. The third kappa shape index (κ3) is 2.22. The minimum atomic E-state index is 0.529.